The van der Waals surface area contributed by atoms with E-state index in [1.165, 1.54) is 11.3 Å². The normalized spacial score (nSPS) is 13.3. The Morgan fingerprint density at radius 3 is 2.78 bits per heavy atom. The van der Waals surface area contributed by atoms with Crippen molar-refractivity contribution in [3.63, 3.8) is 0 Å². The van der Waals surface area contributed by atoms with E-state index in [-0.39, 0.29) is 5.91 Å². The SMILES string of the molecule is COCCN[C@@H](NC(=O)c1cccs1)C(Cl)(Cl)Cl. The summed E-state index contributed by atoms with van der Waals surface area (Å²) in [5, 5.41) is 7.34. The molecular formula is C10H13Cl3N2O2S. The van der Waals surface area contributed by atoms with Crippen molar-refractivity contribution >= 4 is 52.0 Å². The maximum atomic E-state index is 11.8. The predicted molar refractivity (Wildman–Crippen MR) is 75.7 cm³/mol. The Kier molecular flexibility index (Phi) is 6.70. The second kappa shape index (κ2) is 7.53. The number of thiophene rings is 1. The number of nitrogens with one attached hydrogen (secondary N) is 2. The van der Waals surface area contributed by atoms with E-state index in [4.69, 9.17) is 39.5 Å². The van der Waals surface area contributed by atoms with Crippen molar-refractivity contribution in [2.75, 3.05) is 20.3 Å². The minimum Gasteiger partial charge on any atom is -0.383 e. The monoisotopic (exact) mass is 330 g/mol. The molecule has 1 heterocycles. The van der Waals surface area contributed by atoms with E-state index in [0.29, 0.717) is 18.0 Å². The molecule has 0 saturated carbocycles. The van der Waals surface area contributed by atoms with Crippen LogP contribution >= 0.6 is 46.1 Å². The van der Waals surface area contributed by atoms with E-state index < -0.39 is 9.96 Å². The molecule has 0 spiro atoms. The van der Waals surface area contributed by atoms with Gasteiger partial charge >= 0.3 is 0 Å². The second-order valence-corrected chi connectivity index (χ2v) is 6.69. The zero-order chi connectivity index (χ0) is 13.6. The number of methoxy groups -OCH3 is 1. The molecule has 0 bridgehead atoms. The molecule has 0 aromatic carbocycles. The predicted octanol–water partition coefficient (Wildman–Crippen LogP) is 2.41. The maximum Gasteiger partial charge on any atom is 0.262 e. The Balaban J connectivity index is 2.58. The van der Waals surface area contributed by atoms with E-state index in [2.05, 4.69) is 10.6 Å². The topological polar surface area (TPSA) is 50.4 Å². The highest BCUT2D eigenvalue weighted by Crippen LogP contribution is 2.29. The van der Waals surface area contributed by atoms with Crippen LogP contribution < -0.4 is 10.6 Å². The lowest BCUT2D eigenvalue weighted by Crippen LogP contribution is -2.54. The van der Waals surface area contributed by atoms with Crippen molar-refractivity contribution in [3.05, 3.63) is 22.4 Å². The van der Waals surface area contributed by atoms with Crippen molar-refractivity contribution in [2.24, 2.45) is 0 Å². The zero-order valence-corrected chi connectivity index (χ0v) is 12.7. The molecule has 0 radical (unpaired) electrons. The molecule has 1 rings (SSSR count). The van der Waals surface area contributed by atoms with Gasteiger partial charge in [-0.05, 0) is 11.4 Å². The largest absolute Gasteiger partial charge is 0.383 e. The number of carbonyl (C=O) groups excluding carboxylic acids is 1. The fraction of sp³-hybridized carbons (Fsp3) is 0.500. The first-order valence-electron chi connectivity index (χ1n) is 5.08. The van der Waals surface area contributed by atoms with Crippen LogP contribution in [0.15, 0.2) is 17.5 Å². The fourth-order valence-electron chi connectivity index (χ4n) is 1.16. The average Bonchev–Trinajstić information content (AvgIpc) is 2.79. The van der Waals surface area contributed by atoms with E-state index in [1.54, 1.807) is 24.6 Å². The lowest BCUT2D eigenvalue weighted by molar-refractivity contribution is 0.0930. The first kappa shape index (κ1) is 16.0. The van der Waals surface area contributed by atoms with Crippen molar-refractivity contribution in [2.45, 2.75) is 9.96 Å². The summed E-state index contributed by atoms with van der Waals surface area (Å²) in [6.07, 6.45) is -0.785. The summed E-state index contributed by atoms with van der Waals surface area (Å²) in [5.41, 5.74) is 0. The van der Waals surface area contributed by atoms with Gasteiger partial charge in [0, 0.05) is 13.7 Å². The standard InChI is InChI=1S/C10H13Cl3N2O2S/c1-17-5-4-14-9(10(11,12)13)15-8(16)7-3-2-6-18-7/h2-3,6,9,14H,4-5H2,1H3,(H,15,16)/t9-/m0/s1. The lowest BCUT2D eigenvalue weighted by Gasteiger charge is -2.26. The number of hydrogen-bond donors (Lipinski definition) is 2. The first-order valence-corrected chi connectivity index (χ1v) is 7.10. The third-order valence-electron chi connectivity index (χ3n) is 2.00. The minimum atomic E-state index is -1.64. The van der Waals surface area contributed by atoms with Crippen LogP contribution in [-0.4, -0.2) is 36.1 Å². The summed E-state index contributed by atoms with van der Waals surface area (Å²) >= 11 is 18.7. The van der Waals surface area contributed by atoms with Gasteiger partial charge in [-0.25, -0.2) is 0 Å². The van der Waals surface area contributed by atoms with Crippen molar-refractivity contribution in [1.82, 2.24) is 10.6 Å². The molecule has 0 unspecified atom stereocenters. The Morgan fingerprint density at radius 2 is 2.28 bits per heavy atom. The molecule has 2 N–H and O–H groups in total. The molecule has 0 fully saturated rings. The van der Waals surface area contributed by atoms with Crippen molar-refractivity contribution in [3.8, 4) is 0 Å². The smallest absolute Gasteiger partial charge is 0.262 e. The highest BCUT2D eigenvalue weighted by molar-refractivity contribution is 7.12. The Bertz CT molecular complexity index is 368. The molecule has 1 atom stereocenters. The van der Waals surface area contributed by atoms with Gasteiger partial charge in [-0.2, -0.15) is 0 Å². The first-order chi connectivity index (χ1) is 8.45. The molecule has 102 valence electrons. The summed E-state index contributed by atoms with van der Waals surface area (Å²) in [4.78, 5) is 12.4. The number of carbonyl (C=O) groups is 1. The van der Waals surface area contributed by atoms with Crippen LogP contribution in [0, 0.1) is 0 Å². The molecule has 0 aliphatic rings. The molecule has 18 heavy (non-hydrogen) atoms. The van der Waals surface area contributed by atoms with Crippen LogP contribution in [0.3, 0.4) is 0 Å². The average molecular weight is 332 g/mol. The van der Waals surface area contributed by atoms with Gasteiger partial charge < -0.3 is 10.1 Å². The summed E-state index contributed by atoms with van der Waals surface area (Å²) < 4.78 is 3.24. The molecule has 1 aromatic heterocycles. The van der Waals surface area contributed by atoms with Gasteiger partial charge in [0.15, 0.2) is 0 Å². The molecule has 1 aromatic rings. The van der Waals surface area contributed by atoms with Gasteiger partial charge in [0.25, 0.3) is 5.91 Å². The molecule has 1 amide bonds. The van der Waals surface area contributed by atoms with Crippen LogP contribution in [-0.2, 0) is 4.74 Å². The van der Waals surface area contributed by atoms with E-state index in [1.807, 2.05) is 0 Å². The van der Waals surface area contributed by atoms with Gasteiger partial charge in [0.1, 0.15) is 6.17 Å². The number of rotatable bonds is 6. The van der Waals surface area contributed by atoms with Crippen LogP contribution in [0.2, 0.25) is 0 Å². The molecule has 8 heteroatoms. The number of alkyl halides is 3. The Hall–Kier alpha value is -0.0400. The molecular weight excluding hydrogens is 319 g/mol. The zero-order valence-electron chi connectivity index (χ0n) is 9.58. The number of ether oxygens (including phenoxy) is 1. The third-order valence-corrected chi connectivity index (χ3v) is 3.53. The van der Waals surface area contributed by atoms with E-state index in [0.717, 1.165) is 0 Å². The van der Waals surface area contributed by atoms with Gasteiger partial charge in [-0.3, -0.25) is 10.1 Å². The van der Waals surface area contributed by atoms with E-state index in [9.17, 15) is 4.79 Å². The van der Waals surface area contributed by atoms with Gasteiger partial charge in [0.05, 0.1) is 11.5 Å². The maximum absolute atomic E-state index is 11.8. The second-order valence-electron chi connectivity index (χ2n) is 3.37. The van der Waals surface area contributed by atoms with Crippen molar-refractivity contribution in [1.29, 1.82) is 0 Å². The molecule has 0 aliphatic heterocycles. The summed E-state index contributed by atoms with van der Waals surface area (Å²) in [5.74, 6) is -0.286. The fourth-order valence-corrected chi connectivity index (χ4v) is 2.19. The van der Waals surface area contributed by atoms with Crippen LogP contribution in [0.1, 0.15) is 9.67 Å². The number of amides is 1. The quantitative estimate of drug-likeness (QED) is 0.478. The minimum absolute atomic E-state index is 0.286. The number of hydrogen-bond acceptors (Lipinski definition) is 4. The highest BCUT2D eigenvalue weighted by atomic mass is 35.6. The highest BCUT2D eigenvalue weighted by Gasteiger charge is 2.33. The van der Waals surface area contributed by atoms with Gasteiger partial charge in [-0.15, -0.1) is 11.3 Å². The summed E-state index contributed by atoms with van der Waals surface area (Å²) in [7, 11) is 1.57. The number of halogens is 3. The van der Waals surface area contributed by atoms with Crippen LogP contribution in [0.5, 0.6) is 0 Å². The van der Waals surface area contributed by atoms with Gasteiger partial charge in [0.2, 0.25) is 3.79 Å². The lowest BCUT2D eigenvalue weighted by atomic mass is 10.4. The van der Waals surface area contributed by atoms with Crippen LogP contribution in [0.4, 0.5) is 0 Å². The Morgan fingerprint density at radius 1 is 1.56 bits per heavy atom. The molecule has 4 nitrogen and oxygen atoms in total. The molecule has 0 saturated heterocycles. The van der Waals surface area contributed by atoms with Crippen molar-refractivity contribution < 1.29 is 9.53 Å². The van der Waals surface area contributed by atoms with E-state index >= 15 is 0 Å². The third kappa shape index (κ3) is 5.30. The van der Waals surface area contributed by atoms with Crippen LogP contribution in [0.25, 0.3) is 0 Å². The summed E-state index contributed by atoms with van der Waals surface area (Å²) in [6, 6.07) is 3.48. The summed E-state index contributed by atoms with van der Waals surface area (Å²) in [6.45, 7) is 0.909. The molecule has 0 aliphatic carbocycles. The Labute approximate surface area is 125 Å². The van der Waals surface area contributed by atoms with Gasteiger partial charge in [-0.1, -0.05) is 40.9 Å².